The summed E-state index contributed by atoms with van der Waals surface area (Å²) in [5.74, 6) is 1.04. The molecule has 1 amide bonds. The molecular weight excluding hydrogens is 338 g/mol. The standard InChI is InChI=1S/C21H23N5O/c1-16-14-17(2)26(23-16)19-7-5-6-18(15-19)21(27)25-12-10-24(11-13-25)20-8-3-4-9-22-20/h3-9,14-15H,10-13H2,1-2H3. The van der Waals surface area contributed by atoms with E-state index in [1.807, 2.05) is 72.0 Å². The zero-order chi connectivity index (χ0) is 18.8. The van der Waals surface area contributed by atoms with Crippen molar-refractivity contribution in [3.05, 3.63) is 71.7 Å². The average Bonchev–Trinajstić information content (AvgIpc) is 3.06. The van der Waals surface area contributed by atoms with Crippen LogP contribution in [0.25, 0.3) is 5.69 Å². The van der Waals surface area contributed by atoms with Crippen LogP contribution >= 0.6 is 0 Å². The molecule has 0 saturated carbocycles. The normalized spacial score (nSPS) is 14.4. The van der Waals surface area contributed by atoms with Crippen molar-refractivity contribution in [3.63, 3.8) is 0 Å². The van der Waals surface area contributed by atoms with E-state index in [1.165, 1.54) is 0 Å². The number of aryl methyl sites for hydroxylation is 2. The molecule has 0 N–H and O–H groups in total. The van der Waals surface area contributed by atoms with Gasteiger partial charge in [-0.25, -0.2) is 9.67 Å². The number of aromatic nitrogens is 3. The van der Waals surface area contributed by atoms with E-state index in [-0.39, 0.29) is 5.91 Å². The fourth-order valence-corrected chi connectivity index (χ4v) is 3.52. The Bertz CT molecular complexity index is 942. The summed E-state index contributed by atoms with van der Waals surface area (Å²) in [6.07, 6.45) is 1.80. The highest BCUT2D eigenvalue weighted by Gasteiger charge is 2.23. The topological polar surface area (TPSA) is 54.3 Å². The molecule has 0 aliphatic carbocycles. The van der Waals surface area contributed by atoms with Crippen LogP contribution in [0, 0.1) is 13.8 Å². The maximum atomic E-state index is 13.0. The predicted octanol–water partition coefficient (Wildman–Crippen LogP) is 2.85. The molecule has 0 spiro atoms. The van der Waals surface area contributed by atoms with Crippen molar-refractivity contribution in [1.29, 1.82) is 0 Å². The molecule has 3 heterocycles. The Kier molecular flexibility index (Phi) is 4.62. The lowest BCUT2D eigenvalue weighted by Crippen LogP contribution is -2.49. The van der Waals surface area contributed by atoms with E-state index in [0.29, 0.717) is 18.7 Å². The fraction of sp³-hybridized carbons (Fsp3) is 0.286. The fourth-order valence-electron chi connectivity index (χ4n) is 3.52. The third-order valence-corrected chi connectivity index (χ3v) is 4.89. The van der Waals surface area contributed by atoms with Gasteiger partial charge in [0.2, 0.25) is 0 Å². The number of piperazine rings is 1. The van der Waals surface area contributed by atoms with Gasteiger partial charge in [-0.15, -0.1) is 0 Å². The van der Waals surface area contributed by atoms with Gasteiger partial charge in [0.05, 0.1) is 11.4 Å². The second kappa shape index (κ2) is 7.23. The van der Waals surface area contributed by atoms with E-state index in [9.17, 15) is 4.79 Å². The average molecular weight is 361 g/mol. The van der Waals surface area contributed by atoms with Gasteiger partial charge in [0.25, 0.3) is 5.91 Å². The summed E-state index contributed by atoms with van der Waals surface area (Å²) in [6.45, 7) is 6.96. The minimum Gasteiger partial charge on any atom is -0.353 e. The summed E-state index contributed by atoms with van der Waals surface area (Å²) >= 11 is 0. The summed E-state index contributed by atoms with van der Waals surface area (Å²) in [5.41, 5.74) is 3.64. The number of hydrogen-bond acceptors (Lipinski definition) is 4. The summed E-state index contributed by atoms with van der Waals surface area (Å²) < 4.78 is 1.88. The van der Waals surface area contributed by atoms with Crippen LogP contribution in [0.15, 0.2) is 54.7 Å². The Hall–Kier alpha value is -3.15. The number of pyridine rings is 1. The van der Waals surface area contributed by atoms with Crippen molar-refractivity contribution in [3.8, 4) is 5.69 Å². The molecule has 0 atom stereocenters. The summed E-state index contributed by atoms with van der Waals surface area (Å²) in [7, 11) is 0. The Morgan fingerprint density at radius 1 is 0.963 bits per heavy atom. The van der Waals surface area contributed by atoms with Crippen molar-refractivity contribution >= 4 is 11.7 Å². The molecule has 0 unspecified atom stereocenters. The smallest absolute Gasteiger partial charge is 0.254 e. The van der Waals surface area contributed by atoms with Gasteiger partial charge in [-0.1, -0.05) is 12.1 Å². The van der Waals surface area contributed by atoms with Gasteiger partial charge in [-0.05, 0) is 50.2 Å². The lowest BCUT2D eigenvalue weighted by Gasteiger charge is -2.35. The number of benzene rings is 1. The van der Waals surface area contributed by atoms with Gasteiger partial charge in [0.1, 0.15) is 5.82 Å². The monoisotopic (exact) mass is 361 g/mol. The Morgan fingerprint density at radius 2 is 1.78 bits per heavy atom. The first-order valence-corrected chi connectivity index (χ1v) is 9.21. The first-order valence-electron chi connectivity index (χ1n) is 9.21. The van der Waals surface area contributed by atoms with Gasteiger partial charge < -0.3 is 9.80 Å². The van der Waals surface area contributed by atoms with E-state index in [1.54, 1.807) is 6.20 Å². The molecule has 6 nitrogen and oxygen atoms in total. The predicted molar refractivity (Wildman–Crippen MR) is 105 cm³/mol. The number of nitrogens with zero attached hydrogens (tertiary/aromatic N) is 5. The lowest BCUT2D eigenvalue weighted by molar-refractivity contribution is 0.0746. The highest BCUT2D eigenvalue weighted by molar-refractivity contribution is 5.95. The maximum Gasteiger partial charge on any atom is 0.254 e. The molecule has 0 radical (unpaired) electrons. The molecule has 3 aromatic rings. The number of rotatable bonds is 3. The summed E-state index contributed by atoms with van der Waals surface area (Å²) in [6, 6.07) is 15.7. The first-order chi connectivity index (χ1) is 13.1. The highest BCUT2D eigenvalue weighted by Crippen LogP contribution is 2.17. The van der Waals surface area contributed by atoms with Gasteiger partial charge in [-0.3, -0.25) is 4.79 Å². The van der Waals surface area contributed by atoms with E-state index in [4.69, 9.17) is 0 Å². The lowest BCUT2D eigenvalue weighted by atomic mass is 10.1. The zero-order valence-electron chi connectivity index (χ0n) is 15.7. The molecule has 1 aromatic carbocycles. The largest absolute Gasteiger partial charge is 0.353 e. The molecule has 1 aliphatic rings. The van der Waals surface area contributed by atoms with Crippen molar-refractivity contribution in [1.82, 2.24) is 19.7 Å². The van der Waals surface area contributed by atoms with Gasteiger partial charge in [-0.2, -0.15) is 5.10 Å². The summed E-state index contributed by atoms with van der Waals surface area (Å²) in [4.78, 5) is 21.5. The third-order valence-electron chi connectivity index (χ3n) is 4.89. The second-order valence-corrected chi connectivity index (χ2v) is 6.86. The van der Waals surface area contributed by atoms with Crippen LogP contribution in [-0.4, -0.2) is 51.8 Å². The molecule has 2 aromatic heterocycles. The van der Waals surface area contributed by atoms with Crippen LogP contribution in [0.5, 0.6) is 0 Å². The minimum absolute atomic E-state index is 0.0686. The van der Waals surface area contributed by atoms with E-state index >= 15 is 0 Å². The van der Waals surface area contributed by atoms with E-state index < -0.39 is 0 Å². The SMILES string of the molecule is Cc1cc(C)n(-c2cccc(C(=O)N3CCN(c4ccccn4)CC3)c2)n1. The third kappa shape index (κ3) is 3.56. The van der Waals surface area contributed by atoms with Crippen LogP contribution in [0.1, 0.15) is 21.7 Å². The molecule has 1 fully saturated rings. The van der Waals surface area contributed by atoms with Crippen LogP contribution in [0.2, 0.25) is 0 Å². The molecule has 0 bridgehead atoms. The Labute approximate surface area is 159 Å². The van der Waals surface area contributed by atoms with Crippen LogP contribution in [-0.2, 0) is 0 Å². The van der Waals surface area contributed by atoms with E-state index in [2.05, 4.69) is 15.0 Å². The van der Waals surface area contributed by atoms with Gasteiger partial charge in [0, 0.05) is 43.6 Å². The maximum absolute atomic E-state index is 13.0. The van der Waals surface area contributed by atoms with Gasteiger partial charge in [0.15, 0.2) is 0 Å². The number of carbonyl (C=O) groups is 1. The van der Waals surface area contributed by atoms with Crippen molar-refractivity contribution in [2.45, 2.75) is 13.8 Å². The molecule has 138 valence electrons. The molecule has 27 heavy (non-hydrogen) atoms. The molecule has 4 rings (SSSR count). The second-order valence-electron chi connectivity index (χ2n) is 6.86. The number of carbonyl (C=O) groups excluding carboxylic acids is 1. The van der Waals surface area contributed by atoms with Crippen LogP contribution in [0.3, 0.4) is 0 Å². The van der Waals surface area contributed by atoms with Gasteiger partial charge >= 0.3 is 0 Å². The number of anilines is 1. The number of hydrogen-bond donors (Lipinski definition) is 0. The van der Waals surface area contributed by atoms with E-state index in [0.717, 1.165) is 36.0 Å². The zero-order valence-corrected chi connectivity index (χ0v) is 15.7. The molecule has 1 aliphatic heterocycles. The minimum atomic E-state index is 0.0686. The van der Waals surface area contributed by atoms with Crippen molar-refractivity contribution in [2.75, 3.05) is 31.1 Å². The van der Waals surface area contributed by atoms with Crippen LogP contribution < -0.4 is 4.90 Å². The van der Waals surface area contributed by atoms with Crippen LogP contribution in [0.4, 0.5) is 5.82 Å². The Balaban J connectivity index is 1.48. The Morgan fingerprint density at radius 3 is 2.44 bits per heavy atom. The van der Waals surface area contributed by atoms with Crippen molar-refractivity contribution < 1.29 is 4.79 Å². The first kappa shape index (κ1) is 17.3. The van der Waals surface area contributed by atoms with Crippen molar-refractivity contribution in [2.24, 2.45) is 0 Å². The molecule has 6 heteroatoms. The highest BCUT2D eigenvalue weighted by atomic mass is 16.2. The molecule has 1 saturated heterocycles. The summed E-state index contributed by atoms with van der Waals surface area (Å²) in [5, 5.41) is 4.52. The number of amides is 1. The quantitative estimate of drug-likeness (QED) is 0.720. The molecular formula is C21H23N5O.